The van der Waals surface area contributed by atoms with Crippen molar-refractivity contribution in [1.29, 1.82) is 0 Å². The Morgan fingerprint density at radius 3 is 2.87 bits per heavy atom. The average Bonchev–Trinajstić information content (AvgIpc) is 2.88. The molecule has 1 saturated heterocycles. The first-order valence-corrected chi connectivity index (χ1v) is 9.61. The minimum atomic E-state index is -3.37. The van der Waals surface area contributed by atoms with E-state index < -0.39 is 15.8 Å². The summed E-state index contributed by atoms with van der Waals surface area (Å²) in [4.78, 5) is 1.99. The second kappa shape index (κ2) is 7.79. The normalized spacial score (nSPS) is 18.8. The van der Waals surface area contributed by atoms with Crippen molar-refractivity contribution >= 4 is 27.3 Å². The predicted molar refractivity (Wildman–Crippen MR) is 90.0 cm³/mol. The Hall–Kier alpha value is -0.890. The topological polar surface area (TPSA) is 58.6 Å². The predicted octanol–water partition coefficient (Wildman–Crippen LogP) is 2.40. The van der Waals surface area contributed by atoms with E-state index in [0.29, 0.717) is 19.5 Å². The molecule has 0 aliphatic carbocycles. The third-order valence-electron chi connectivity index (χ3n) is 3.61. The molecule has 1 heterocycles. The zero-order chi connectivity index (χ0) is 17.0. The van der Waals surface area contributed by atoms with Crippen molar-refractivity contribution in [1.82, 2.24) is 4.72 Å². The number of rotatable bonds is 7. The van der Waals surface area contributed by atoms with Gasteiger partial charge in [0.15, 0.2) is 0 Å². The molecule has 1 aromatic rings. The van der Waals surface area contributed by atoms with Gasteiger partial charge in [-0.3, -0.25) is 0 Å². The molecule has 1 aliphatic heterocycles. The summed E-state index contributed by atoms with van der Waals surface area (Å²) in [6.45, 7) is 5.13. The molecule has 8 heteroatoms. The standard InChI is InChI=1S/C15H22ClFN2O3S/c1-11(2)22-7-8-23(20,21)18-12-5-6-19(10-12)13-3-4-15(17)14(16)9-13/h3-4,9,11-12,18H,5-8,10H2,1-2H3. The van der Waals surface area contributed by atoms with Crippen LogP contribution in [0.1, 0.15) is 20.3 Å². The average molecular weight is 365 g/mol. The second-order valence-corrected chi connectivity index (χ2v) is 8.17. The van der Waals surface area contributed by atoms with Gasteiger partial charge in [0.2, 0.25) is 10.0 Å². The van der Waals surface area contributed by atoms with Gasteiger partial charge in [0.05, 0.1) is 23.5 Å². The van der Waals surface area contributed by atoms with E-state index in [-0.39, 0.29) is 29.5 Å². The maximum atomic E-state index is 13.2. The molecule has 1 aliphatic rings. The summed E-state index contributed by atoms with van der Waals surface area (Å²) < 4.78 is 45.2. The van der Waals surface area contributed by atoms with Crippen molar-refractivity contribution in [2.75, 3.05) is 30.3 Å². The minimum absolute atomic E-state index is 0.00963. The van der Waals surface area contributed by atoms with Crippen molar-refractivity contribution in [3.63, 3.8) is 0 Å². The minimum Gasteiger partial charge on any atom is -0.378 e. The molecule has 0 saturated carbocycles. The molecule has 0 radical (unpaired) electrons. The molecule has 0 aromatic heterocycles. The molecule has 1 fully saturated rings. The number of benzene rings is 1. The number of hydrogen-bond donors (Lipinski definition) is 1. The number of hydrogen-bond acceptors (Lipinski definition) is 4. The zero-order valence-electron chi connectivity index (χ0n) is 13.3. The van der Waals surface area contributed by atoms with E-state index in [1.165, 1.54) is 6.07 Å². The zero-order valence-corrected chi connectivity index (χ0v) is 14.8. The summed E-state index contributed by atoms with van der Waals surface area (Å²) in [5.74, 6) is -0.513. The lowest BCUT2D eigenvalue weighted by Gasteiger charge is -2.19. The number of halogens is 2. The lowest BCUT2D eigenvalue weighted by atomic mass is 10.3. The first-order valence-electron chi connectivity index (χ1n) is 7.58. The maximum absolute atomic E-state index is 13.2. The van der Waals surface area contributed by atoms with E-state index >= 15 is 0 Å². The van der Waals surface area contributed by atoms with E-state index in [1.54, 1.807) is 12.1 Å². The van der Waals surface area contributed by atoms with Crippen molar-refractivity contribution in [3.8, 4) is 0 Å². The van der Waals surface area contributed by atoms with Crippen molar-refractivity contribution in [2.24, 2.45) is 0 Å². The van der Waals surface area contributed by atoms with Crippen LogP contribution in [0.3, 0.4) is 0 Å². The molecule has 1 unspecified atom stereocenters. The van der Waals surface area contributed by atoms with Crippen molar-refractivity contribution < 1.29 is 17.5 Å². The van der Waals surface area contributed by atoms with E-state index in [4.69, 9.17) is 16.3 Å². The van der Waals surface area contributed by atoms with Crippen LogP contribution in [0.25, 0.3) is 0 Å². The summed E-state index contributed by atoms with van der Waals surface area (Å²) in [6.07, 6.45) is 0.703. The SMILES string of the molecule is CC(C)OCCS(=O)(=O)NC1CCN(c2ccc(F)c(Cl)c2)C1. The van der Waals surface area contributed by atoms with Gasteiger partial charge in [-0.25, -0.2) is 17.5 Å². The molecule has 2 rings (SSSR count). The highest BCUT2D eigenvalue weighted by Crippen LogP contribution is 2.25. The fourth-order valence-corrected chi connectivity index (χ4v) is 3.79. The van der Waals surface area contributed by atoms with E-state index in [9.17, 15) is 12.8 Å². The van der Waals surface area contributed by atoms with Gasteiger partial charge in [-0.15, -0.1) is 0 Å². The van der Waals surface area contributed by atoms with Crippen LogP contribution in [0.4, 0.5) is 10.1 Å². The molecule has 5 nitrogen and oxygen atoms in total. The number of ether oxygens (including phenoxy) is 1. The van der Waals surface area contributed by atoms with Crippen LogP contribution in [0, 0.1) is 5.82 Å². The lowest BCUT2D eigenvalue weighted by Crippen LogP contribution is -2.39. The summed E-state index contributed by atoms with van der Waals surface area (Å²) in [5.41, 5.74) is 0.793. The monoisotopic (exact) mass is 364 g/mol. The fourth-order valence-electron chi connectivity index (χ4n) is 2.48. The van der Waals surface area contributed by atoms with Crippen LogP contribution >= 0.6 is 11.6 Å². The molecular weight excluding hydrogens is 343 g/mol. The highest BCUT2D eigenvalue weighted by molar-refractivity contribution is 7.89. The summed E-state index contributed by atoms with van der Waals surface area (Å²) >= 11 is 5.79. The smallest absolute Gasteiger partial charge is 0.214 e. The highest BCUT2D eigenvalue weighted by Gasteiger charge is 2.26. The lowest BCUT2D eigenvalue weighted by molar-refractivity contribution is 0.0911. The quantitative estimate of drug-likeness (QED) is 0.807. The fraction of sp³-hybridized carbons (Fsp3) is 0.600. The molecular formula is C15H22ClFN2O3S. The van der Waals surface area contributed by atoms with E-state index in [2.05, 4.69) is 4.72 Å². The van der Waals surface area contributed by atoms with Gasteiger partial charge < -0.3 is 9.64 Å². The first kappa shape index (κ1) is 18.4. The first-order chi connectivity index (χ1) is 10.8. The summed E-state index contributed by atoms with van der Waals surface area (Å²) in [7, 11) is -3.37. The van der Waals surface area contributed by atoms with Gasteiger partial charge in [-0.1, -0.05) is 11.6 Å². The van der Waals surface area contributed by atoms with Gasteiger partial charge in [0.25, 0.3) is 0 Å². The third-order valence-corrected chi connectivity index (χ3v) is 5.29. The molecule has 130 valence electrons. The Morgan fingerprint density at radius 1 is 1.48 bits per heavy atom. The summed E-state index contributed by atoms with van der Waals surface area (Å²) in [5, 5.41) is 0.0670. The number of anilines is 1. The van der Waals surface area contributed by atoms with Crippen molar-refractivity contribution in [3.05, 3.63) is 29.0 Å². The maximum Gasteiger partial charge on any atom is 0.214 e. The van der Waals surface area contributed by atoms with Crippen LogP contribution in [0.5, 0.6) is 0 Å². The number of nitrogens with zero attached hydrogens (tertiary/aromatic N) is 1. The highest BCUT2D eigenvalue weighted by atomic mass is 35.5. The van der Waals surface area contributed by atoms with Gasteiger partial charge in [-0.2, -0.15) is 0 Å². The second-order valence-electron chi connectivity index (χ2n) is 5.89. The molecule has 23 heavy (non-hydrogen) atoms. The third kappa shape index (κ3) is 5.60. The van der Waals surface area contributed by atoms with Gasteiger partial charge in [0, 0.05) is 24.8 Å². The molecule has 0 bridgehead atoms. The van der Waals surface area contributed by atoms with Crippen molar-refractivity contribution in [2.45, 2.75) is 32.4 Å². The Morgan fingerprint density at radius 2 is 2.22 bits per heavy atom. The van der Waals surface area contributed by atoms with E-state index in [1.807, 2.05) is 18.7 Å². The Labute approximate surface area is 141 Å². The Bertz CT molecular complexity index is 640. The Balaban J connectivity index is 1.88. The van der Waals surface area contributed by atoms with Gasteiger partial charge in [-0.05, 0) is 38.5 Å². The molecule has 1 N–H and O–H groups in total. The number of sulfonamides is 1. The molecule has 0 spiro atoms. The summed E-state index contributed by atoms with van der Waals surface area (Å²) in [6, 6.07) is 4.36. The van der Waals surface area contributed by atoms with Crippen LogP contribution in [0.2, 0.25) is 5.02 Å². The molecule has 1 aromatic carbocycles. The Kier molecular flexibility index (Phi) is 6.25. The van der Waals surface area contributed by atoms with Crippen LogP contribution in [0.15, 0.2) is 18.2 Å². The van der Waals surface area contributed by atoms with Gasteiger partial charge in [0.1, 0.15) is 5.82 Å². The van der Waals surface area contributed by atoms with Gasteiger partial charge >= 0.3 is 0 Å². The molecule has 0 amide bonds. The van der Waals surface area contributed by atoms with Crippen LogP contribution in [-0.4, -0.2) is 46.0 Å². The number of nitrogens with one attached hydrogen (secondary N) is 1. The largest absolute Gasteiger partial charge is 0.378 e. The van der Waals surface area contributed by atoms with E-state index in [0.717, 1.165) is 5.69 Å². The molecule has 1 atom stereocenters. The van der Waals surface area contributed by atoms with Crippen LogP contribution < -0.4 is 9.62 Å². The van der Waals surface area contributed by atoms with Crippen LogP contribution in [-0.2, 0) is 14.8 Å².